The number of ether oxygens (including phenoxy) is 3. The fourth-order valence-electron chi connectivity index (χ4n) is 2.29. The molecular weight excluding hydrogens is 392 g/mol. The van der Waals surface area contributed by atoms with E-state index in [4.69, 9.17) is 14.2 Å². The molecule has 0 radical (unpaired) electrons. The fraction of sp³-hybridized carbons (Fsp3) is 0.222. The van der Waals surface area contributed by atoms with Crippen LogP contribution in [0.3, 0.4) is 0 Å². The van der Waals surface area contributed by atoms with Gasteiger partial charge in [0.2, 0.25) is 0 Å². The van der Waals surface area contributed by atoms with E-state index in [0.29, 0.717) is 17.1 Å². The van der Waals surface area contributed by atoms with Crippen molar-refractivity contribution in [2.45, 2.75) is 6.42 Å². The lowest BCUT2D eigenvalue weighted by Crippen LogP contribution is -2.10. The zero-order valence-corrected chi connectivity index (χ0v) is 15.5. The van der Waals surface area contributed by atoms with Gasteiger partial charge in [0.05, 0.1) is 27.8 Å². The summed E-state index contributed by atoms with van der Waals surface area (Å²) in [7, 11) is 4.31. The van der Waals surface area contributed by atoms with Crippen molar-refractivity contribution in [3.05, 3.63) is 45.9 Å². The van der Waals surface area contributed by atoms with Gasteiger partial charge in [0, 0.05) is 11.6 Å². The SMILES string of the molecule is COc1ccc(C(=O)CC(=O)c2c(OC)cc(OC)c(Br)c2O)cc1. The molecule has 0 amide bonds. The van der Waals surface area contributed by atoms with Crippen LogP contribution in [0.4, 0.5) is 0 Å². The van der Waals surface area contributed by atoms with E-state index in [2.05, 4.69) is 15.9 Å². The Morgan fingerprint density at radius 3 is 2.08 bits per heavy atom. The maximum atomic E-state index is 12.6. The third kappa shape index (κ3) is 3.93. The molecule has 0 saturated carbocycles. The van der Waals surface area contributed by atoms with Crippen LogP contribution >= 0.6 is 15.9 Å². The highest BCUT2D eigenvalue weighted by atomic mass is 79.9. The van der Waals surface area contributed by atoms with Gasteiger partial charge in [-0.05, 0) is 40.2 Å². The maximum Gasteiger partial charge on any atom is 0.178 e. The summed E-state index contributed by atoms with van der Waals surface area (Å²) in [5.41, 5.74) is 0.303. The quantitative estimate of drug-likeness (QED) is 0.556. The normalized spacial score (nSPS) is 10.2. The molecule has 0 spiro atoms. The van der Waals surface area contributed by atoms with Gasteiger partial charge in [0.1, 0.15) is 33.0 Å². The first-order valence-electron chi connectivity index (χ1n) is 7.26. The van der Waals surface area contributed by atoms with E-state index in [1.807, 2.05) is 0 Å². The Hall–Kier alpha value is -2.54. The van der Waals surface area contributed by atoms with Crippen LogP contribution in [-0.2, 0) is 0 Å². The number of phenolic OH excluding ortho intramolecular Hbond substituents is 1. The van der Waals surface area contributed by atoms with Crippen LogP contribution in [0.1, 0.15) is 27.1 Å². The van der Waals surface area contributed by atoms with Gasteiger partial charge >= 0.3 is 0 Å². The Kier molecular flexibility index (Phi) is 6.03. The summed E-state index contributed by atoms with van der Waals surface area (Å²) in [5, 5.41) is 10.3. The molecule has 0 bridgehead atoms. The maximum absolute atomic E-state index is 12.6. The highest BCUT2D eigenvalue weighted by Crippen LogP contribution is 2.42. The fourth-order valence-corrected chi connectivity index (χ4v) is 2.76. The molecule has 0 fully saturated rings. The van der Waals surface area contributed by atoms with E-state index in [1.54, 1.807) is 24.3 Å². The Morgan fingerprint density at radius 1 is 0.960 bits per heavy atom. The summed E-state index contributed by atoms with van der Waals surface area (Å²) < 4.78 is 15.5. The Morgan fingerprint density at radius 2 is 1.56 bits per heavy atom. The number of benzene rings is 2. The lowest BCUT2D eigenvalue weighted by molar-refractivity contribution is 0.0891. The molecule has 0 aliphatic heterocycles. The number of Topliss-reactive ketones (excluding diaryl/α,β-unsaturated/α-hetero) is 2. The summed E-state index contributed by atoms with van der Waals surface area (Å²) >= 11 is 3.17. The second-order valence-corrected chi connectivity index (χ2v) is 5.86. The van der Waals surface area contributed by atoms with Crippen LogP contribution in [0, 0.1) is 0 Å². The van der Waals surface area contributed by atoms with Gasteiger partial charge in [-0.1, -0.05) is 0 Å². The minimum Gasteiger partial charge on any atom is -0.506 e. The smallest absolute Gasteiger partial charge is 0.178 e. The third-order valence-corrected chi connectivity index (χ3v) is 4.39. The zero-order valence-electron chi connectivity index (χ0n) is 14.0. The molecule has 7 heteroatoms. The molecule has 2 aromatic carbocycles. The molecule has 0 unspecified atom stereocenters. The predicted octanol–water partition coefficient (Wildman–Crippen LogP) is 3.64. The minimum atomic E-state index is -0.557. The van der Waals surface area contributed by atoms with Gasteiger partial charge in [-0.15, -0.1) is 0 Å². The monoisotopic (exact) mass is 408 g/mol. The van der Waals surface area contributed by atoms with E-state index in [1.165, 1.54) is 27.4 Å². The van der Waals surface area contributed by atoms with Gasteiger partial charge in [-0.3, -0.25) is 9.59 Å². The lowest BCUT2D eigenvalue weighted by Gasteiger charge is -2.14. The van der Waals surface area contributed by atoms with Crippen molar-refractivity contribution in [2.24, 2.45) is 0 Å². The Labute approximate surface area is 153 Å². The number of halogens is 1. The molecule has 0 saturated heterocycles. The van der Waals surface area contributed by atoms with Gasteiger partial charge in [0.25, 0.3) is 0 Å². The molecule has 0 aliphatic carbocycles. The minimum absolute atomic E-state index is 0.0722. The third-order valence-electron chi connectivity index (χ3n) is 3.62. The number of hydrogen-bond acceptors (Lipinski definition) is 6. The molecule has 25 heavy (non-hydrogen) atoms. The zero-order chi connectivity index (χ0) is 18.6. The molecule has 132 valence electrons. The topological polar surface area (TPSA) is 82.1 Å². The van der Waals surface area contributed by atoms with Crippen LogP contribution in [-0.4, -0.2) is 38.0 Å². The highest BCUT2D eigenvalue weighted by molar-refractivity contribution is 9.10. The van der Waals surface area contributed by atoms with Crippen molar-refractivity contribution in [2.75, 3.05) is 21.3 Å². The highest BCUT2D eigenvalue weighted by Gasteiger charge is 2.25. The molecule has 1 N–H and O–H groups in total. The molecule has 2 aromatic rings. The van der Waals surface area contributed by atoms with Crippen LogP contribution < -0.4 is 14.2 Å². The molecule has 0 atom stereocenters. The second kappa shape index (κ2) is 8.02. The summed E-state index contributed by atoms with van der Waals surface area (Å²) in [4.78, 5) is 24.9. The first-order valence-corrected chi connectivity index (χ1v) is 8.06. The van der Waals surface area contributed by atoms with Gasteiger partial charge in [-0.2, -0.15) is 0 Å². The van der Waals surface area contributed by atoms with Crippen LogP contribution in [0.2, 0.25) is 0 Å². The standard InChI is InChI=1S/C18H17BrO6/c1-23-11-6-4-10(5-7-11)12(20)8-13(21)16-14(24-2)9-15(25-3)17(19)18(16)22/h4-7,9,22H,8H2,1-3H3. The van der Waals surface area contributed by atoms with Crippen LogP contribution in [0.25, 0.3) is 0 Å². The van der Waals surface area contributed by atoms with Gasteiger partial charge in [0.15, 0.2) is 11.6 Å². The number of ketones is 2. The van der Waals surface area contributed by atoms with E-state index < -0.39 is 12.2 Å². The van der Waals surface area contributed by atoms with E-state index in [9.17, 15) is 14.7 Å². The summed E-state index contributed by atoms with van der Waals surface area (Å²) in [6.07, 6.45) is -0.408. The average Bonchev–Trinajstić information content (AvgIpc) is 2.63. The Bertz CT molecular complexity index is 798. The predicted molar refractivity (Wildman–Crippen MR) is 95.2 cm³/mol. The van der Waals surface area contributed by atoms with Crippen LogP contribution in [0.15, 0.2) is 34.8 Å². The number of carbonyl (C=O) groups excluding carboxylic acids is 2. The van der Waals surface area contributed by atoms with Crippen molar-refractivity contribution in [1.82, 2.24) is 0 Å². The van der Waals surface area contributed by atoms with Crippen LogP contribution in [0.5, 0.6) is 23.0 Å². The summed E-state index contributed by atoms with van der Waals surface area (Å²) in [6, 6.07) is 7.90. The number of hydrogen-bond donors (Lipinski definition) is 1. The first-order chi connectivity index (χ1) is 11.9. The first kappa shape index (κ1) is 18.8. The van der Waals surface area contributed by atoms with Gasteiger partial charge < -0.3 is 19.3 Å². The van der Waals surface area contributed by atoms with Gasteiger partial charge in [-0.25, -0.2) is 0 Å². The average molecular weight is 409 g/mol. The number of carbonyl (C=O) groups is 2. The molecule has 0 heterocycles. The largest absolute Gasteiger partial charge is 0.506 e. The summed E-state index contributed by atoms with van der Waals surface area (Å²) in [5.74, 6) is -0.206. The lowest BCUT2D eigenvalue weighted by atomic mass is 10.00. The number of rotatable bonds is 7. The van der Waals surface area contributed by atoms with E-state index >= 15 is 0 Å². The molecule has 0 aliphatic rings. The number of phenols is 1. The number of methoxy groups -OCH3 is 3. The molecular formula is C18H17BrO6. The molecule has 2 rings (SSSR count). The van der Waals surface area contributed by atoms with Crippen molar-refractivity contribution in [1.29, 1.82) is 0 Å². The van der Waals surface area contributed by atoms with E-state index in [0.717, 1.165) is 0 Å². The van der Waals surface area contributed by atoms with Crippen molar-refractivity contribution >= 4 is 27.5 Å². The molecule has 0 aromatic heterocycles. The van der Waals surface area contributed by atoms with Crippen molar-refractivity contribution < 1.29 is 28.9 Å². The Balaban J connectivity index is 2.31. The second-order valence-electron chi connectivity index (χ2n) is 5.07. The molecule has 6 nitrogen and oxygen atoms in total. The van der Waals surface area contributed by atoms with Crippen molar-refractivity contribution in [3.8, 4) is 23.0 Å². The number of aromatic hydroxyl groups is 1. The van der Waals surface area contributed by atoms with Crippen molar-refractivity contribution in [3.63, 3.8) is 0 Å². The van der Waals surface area contributed by atoms with E-state index in [-0.39, 0.29) is 27.3 Å². The summed E-state index contributed by atoms with van der Waals surface area (Å²) in [6.45, 7) is 0.